The number of likely N-dealkylation sites (tertiary alicyclic amines) is 1. The quantitative estimate of drug-likeness (QED) is 0.424. The molecule has 3 aromatic heterocycles. The Labute approximate surface area is 173 Å². The van der Waals surface area contributed by atoms with Gasteiger partial charge in [-0.2, -0.15) is 0 Å². The normalized spacial score (nSPS) is 18.1. The molecule has 144 valence electrons. The second kappa shape index (κ2) is 7.78. The van der Waals surface area contributed by atoms with Crippen LogP contribution >= 0.6 is 22.7 Å². The van der Waals surface area contributed by atoms with Gasteiger partial charge in [-0.15, -0.1) is 22.7 Å². The molecule has 4 nitrogen and oxygen atoms in total. The summed E-state index contributed by atoms with van der Waals surface area (Å²) < 4.78 is 1.22. The van der Waals surface area contributed by atoms with Crippen molar-refractivity contribution < 1.29 is 0 Å². The molecule has 5 rings (SSSR count). The monoisotopic (exact) mass is 408 g/mol. The van der Waals surface area contributed by atoms with E-state index < -0.39 is 0 Å². The van der Waals surface area contributed by atoms with Crippen LogP contribution in [0.5, 0.6) is 0 Å². The molecule has 1 saturated heterocycles. The van der Waals surface area contributed by atoms with Gasteiger partial charge in [-0.25, -0.2) is 9.97 Å². The number of anilines is 2. The summed E-state index contributed by atoms with van der Waals surface area (Å²) in [6, 6.07) is 10.8. The molecule has 4 aromatic rings. The van der Waals surface area contributed by atoms with Crippen molar-refractivity contribution in [3.8, 4) is 0 Å². The van der Waals surface area contributed by atoms with E-state index >= 15 is 0 Å². The van der Waals surface area contributed by atoms with Crippen molar-refractivity contribution in [2.24, 2.45) is 0 Å². The smallest absolute Gasteiger partial charge is 0.125 e. The largest absolute Gasteiger partial charge is 0.355 e. The molecule has 1 fully saturated rings. The Morgan fingerprint density at radius 2 is 2.18 bits per heavy atom. The molecule has 1 aliphatic heterocycles. The minimum atomic E-state index is 0.638. The van der Waals surface area contributed by atoms with Crippen molar-refractivity contribution in [2.45, 2.75) is 32.1 Å². The van der Waals surface area contributed by atoms with E-state index in [2.05, 4.69) is 57.4 Å². The number of benzene rings is 1. The number of nitrogens with zero attached hydrogens (tertiary/aromatic N) is 3. The van der Waals surface area contributed by atoms with E-state index in [1.54, 1.807) is 11.3 Å². The van der Waals surface area contributed by atoms with E-state index in [1.807, 2.05) is 23.0 Å². The van der Waals surface area contributed by atoms with Crippen molar-refractivity contribution in [2.75, 3.05) is 25.0 Å². The number of thiophene rings is 1. The lowest BCUT2D eigenvalue weighted by Gasteiger charge is -2.31. The Kier molecular flexibility index (Phi) is 5.01. The maximum absolute atomic E-state index is 4.65. The maximum Gasteiger partial charge on any atom is 0.125 e. The maximum atomic E-state index is 4.65. The number of piperidine rings is 1. The summed E-state index contributed by atoms with van der Waals surface area (Å²) in [6.07, 6.45) is 5.73. The highest BCUT2D eigenvalue weighted by atomic mass is 32.1. The van der Waals surface area contributed by atoms with Crippen LogP contribution < -0.4 is 5.32 Å². The molecular weight excluding hydrogens is 384 g/mol. The SMILES string of the molecule is CCCN1CCCC(c2cc3c(Nc4ccc5scnc5c4)ccnc3s2)C1. The van der Waals surface area contributed by atoms with Gasteiger partial charge in [0.2, 0.25) is 0 Å². The molecule has 1 atom stereocenters. The molecule has 1 N–H and O–H groups in total. The number of hydrogen-bond donors (Lipinski definition) is 1. The van der Waals surface area contributed by atoms with Crippen LogP contribution in [0.15, 0.2) is 42.0 Å². The zero-order valence-electron chi connectivity index (χ0n) is 16.0. The lowest BCUT2D eigenvalue weighted by molar-refractivity contribution is 0.210. The molecule has 0 aliphatic carbocycles. The molecule has 0 amide bonds. The molecule has 0 saturated carbocycles. The molecule has 0 spiro atoms. The van der Waals surface area contributed by atoms with Crippen LogP contribution in [0.2, 0.25) is 0 Å². The Morgan fingerprint density at radius 3 is 3.11 bits per heavy atom. The van der Waals surface area contributed by atoms with Gasteiger partial charge in [0.25, 0.3) is 0 Å². The van der Waals surface area contributed by atoms with Gasteiger partial charge in [-0.05, 0) is 62.7 Å². The Balaban J connectivity index is 1.43. The first-order valence-corrected chi connectivity index (χ1v) is 11.7. The van der Waals surface area contributed by atoms with Gasteiger partial charge >= 0.3 is 0 Å². The third kappa shape index (κ3) is 3.52. The highest BCUT2D eigenvalue weighted by Crippen LogP contribution is 2.38. The van der Waals surface area contributed by atoms with Crippen LogP contribution in [-0.2, 0) is 0 Å². The minimum absolute atomic E-state index is 0.638. The first-order chi connectivity index (χ1) is 13.8. The fourth-order valence-electron chi connectivity index (χ4n) is 4.17. The summed E-state index contributed by atoms with van der Waals surface area (Å²) in [6.45, 7) is 5.92. The highest BCUT2D eigenvalue weighted by molar-refractivity contribution is 7.18. The molecule has 1 unspecified atom stereocenters. The Hall–Kier alpha value is -2.02. The van der Waals surface area contributed by atoms with Crippen molar-refractivity contribution in [1.29, 1.82) is 0 Å². The van der Waals surface area contributed by atoms with Gasteiger partial charge in [-0.3, -0.25) is 0 Å². The summed E-state index contributed by atoms with van der Waals surface area (Å²) >= 11 is 3.54. The fraction of sp³-hybridized carbons (Fsp3) is 0.364. The fourth-order valence-corrected chi connectivity index (χ4v) is 5.98. The lowest BCUT2D eigenvalue weighted by Crippen LogP contribution is -2.34. The molecule has 4 heterocycles. The van der Waals surface area contributed by atoms with Gasteiger partial charge in [0, 0.05) is 34.6 Å². The number of thiazole rings is 1. The molecule has 1 aromatic carbocycles. The predicted molar refractivity (Wildman–Crippen MR) is 121 cm³/mol. The number of fused-ring (bicyclic) bond motifs is 2. The zero-order valence-corrected chi connectivity index (χ0v) is 17.7. The summed E-state index contributed by atoms with van der Waals surface area (Å²) in [5.41, 5.74) is 5.15. The van der Waals surface area contributed by atoms with E-state index in [-0.39, 0.29) is 0 Å². The number of nitrogens with one attached hydrogen (secondary N) is 1. The van der Waals surface area contributed by atoms with Crippen LogP contribution in [0.3, 0.4) is 0 Å². The van der Waals surface area contributed by atoms with Crippen molar-refractivity contribution in [1.82, 2.24) is 14.9 Å². The summed E-state index contributed by atoms with van der Waals surface area (Å²) in [5, 5.41) is 4.83. The van der Waals surface area contributed by atoms with E-state index in [4.69, 9.17) is 0 Å². The lowest BCUT2D eigenvalue weighted by atomic mass is 9.96. The summed E-state index contributed by atoms with van der Waals surface area (Å²) in [5.74, 6) is 0.638. The molecule has 0 bridgehead atoms. The van der Waals surface area contributed by atoms with Gasteiger partial charge in [0.1, 0.15) is 4.83 Å². The molecule has 1 aliphatic rings. The van der Waals surface area contributed by atoms with Gasteiger partial charge in [0.15, 0.2) is 0 Å². The van der Waals surface area contributed by atoms with Crippen LogP contribution in [-0.4, -0.2) is 34.5 Å². The number of hydrogen-bond acceptors (Lipinski definition) is 6. The first kappa shape index (κ1) is 18.0. The number of aromatic nitrogens is 2. The Bertz CT molecular complexity index is 1100. The van der Waals surface area contributed by atoms with Crippen molar-refractivity contribution in [3.05, 3.63) is 46.9 Å². The minimum Gasteiger partial charge on any atom is -0.355 e. The van der Waals surface area contributed by atoms with Crippen LogP contribution in [0.4, 0.5) is 11.4 Å². The number of pyridine rings is 1. The zero-order chi connectivity index (χ0) is 18.9. The number of rotatable bonds is 5. The topological polar surface area (TPSA) is 41.0 Å². The second-order valence-corrected chi connectivity index (χ2v) is 9.47. The van der Waals surface area contributed by atoms with E-state index in [0.717, 1.165) is 21.7 Å². The molecular formula is C22H24N4S2. The van der Waals surface area contributed by atoms with E-state index in [0.29, 0.717) is 5.92 Å². The third-order valence-corrected chi connectivity index (χ3v) is 7.53. The van der Waals surface area contributed by atoms with E-state index in [1.165, 1.54) is 53.9 Å². The van der Waals surface area contributed by atoms with Crippen molar-refractivity contribution >= 4 is 54.5 Å². The standard InChI is InChI=1S/C22H24N4S2/c1-2-9-26-10-3-4-15(13-26)21-12-17-18(7-8-23-22(17)28-21)25-16-5-6-20-19(11-16)24-14-27-20/h5-8,11-12,14-15H,2-4,9-10,13H2,1H3,(H,23,25). The average Bonchev–Trinajstić information content (AvgIpc) is 3.35. The first-order valence-electron chi connectivity index (χ1n) is 10.0. The van der Waals surface area contributed by atoms with Crippen molar-refractivity contribution in [3.63, 3.8) is 0 Å². The van der Waals surface area contributed by atoms with Crippen LogP contribution in [0, 0.1) is 0 Å². The molecule has 0 radical (unpaired) electrons. The van der Waals surface area contributed by atoms with Gasteiger partial charge in [-0.1, -0.05) is 6.92 Å². The summed E-state index contributed by atoms with van der Waals surface area (Å²) in [7, 11) is 0. The Morgan fingerprint density at radius 1 is 1.21 bits per heavy atom. The highest BCUT2D eigenvalue weighted by Gasteiger charge is 2.23. The second-order valence-electron chi connectivity index (χ2n) is 7.53. The van der Waals surface area contributed by atoms with Crippen LogP contribution in [0.1, 0.15) is 37.0 Å². The third-order valence-electron chi connectivity index (χ3n) is 5.51. The van der Waals surface area contributed by atoms with Gasteiger partial charge < -0.3 is 10.2 Å². The predicted octanol–water partition coefficient (Wildman–Crippen LogP) is 6.24. The molecule has 6 heteroatoms. The average molecular weight is 409 g/mol. The van der Waals surface area contributed by atoms with Crippen LogP contribution in [0.25, 0.3) is 20.4 Å². The van der Waals surface area contributed by atoms with E-state index in [9.17, 15) is 0 Å². The summed E-state index contributed by atoms with van der Waals surface area (Å²) in [4.78, 5) is 14.3. The van der Waals surface area contributed by atoms with Gasteiger partial charge in [0.05, 0.1) is 21.4 Å². The molecule has 28 heavy (non-hydrogen) atoms.